The van der Waals surface area contributed by atoms with Crippen LogP contribution in [0.5, 0.6) is 0 Å². The fourth-order valence-corrected chi connectivity index (χ4v) is 10.1. The van der Waals surface area contributed by atoms with Crippen LogP contribution in [0.15, 0.2) is 48.7 Å². The van der Waals surface area contributed by atoms with Gasteiger partial charge in [-0.25, -0.2) is 0 Å². The van der Waals surface area contributed by atoms with E-state index in [0.717, 1.165) is 28.9 Å². The van der Waals surface area contributed by atoms with E-state index >= 15 is 0 Å². The minimum Gasteiger partial charge on any atom is -0.432 e. The number of ether oxygens (including phenoxy) is 1. The molecule has 2 N–H and O–H groups in total. The summed E-state index contributed by atoms with van der Waals surface area (Å²) in [6.45, 7) is 7.31. The van der Waals surface area contributed by atoms with E-state index in [0.29, 0.717) is 49.6 Å². The lowest BCUT2D eigenvalue weighted by Gasteiger charge is -2.32. The van der Waals surface area contributed by atoms with Crippen LogP contribution in [0, 0.1) is 5.92 Å². The molecule has 1 spiro atoms. The Bertz CT molecular complexity index is 1540. The molecule has 1 aromatic heterocycles. The van der Waals surface area contributed by atoms with E-state index in [1.165, 1.54) is 0 Å². The van der Waals surface area contributed by atoms with Gasteiger partial charge in [0.1, 0.15) is 0 Å². The van der Waals surface area contributed by atoms with Gasteiger partial charge in [0.15, 0.2) is 13.9 Å². The molecular weight excluding hydrogens is 586 g/mol. The van der Waals surface area contributed by atoms with E-state index in [9.17, 15) is 19.5 Å². The van der Waals surface area contributed by atoms with Crippen LogP contribution in [0.3, 0.4) is 0 Å². The number of rotatable bonds is 9. The molecule has 0 bridgehead atoms. The highest BCUT2D eigenvalue weighted by Crippen LogP contribution is 2.60. The Labute approximate surface area is 257 Å². The zero-order valence-electron chi connectivity index (χ0n) is 24.7. The summed E-state index contributed by atoms with van der Waals surface area (Å²) in [5, 5.41) is 18.0. The van der Waals surface area contributed by atoms with Gasteiger partial charge < -0.3 is 24.4 Å². The quantitative estimate of drug-likeness (QED) is 0.345. The van der Waals surface area contributed by atoms with Crippen molar-refractivity contribution in [3.05, 3.63) is 70.5 Å². The van der Waals surface area contributed by atoms with Gasteiger partial charge in [-0.15, -0.1) is 5.10 Å². The Morgan fingerprint density at radius 2 is 2.00 bits per heavy atom. The molecule has 0 aliphatic carbocycles. The molecule has 228 valence electrons. The molecule has 6 rings (SSSR count). The fourth-order valence-electron chi connectivity index (χ4n) is 7.34. The fraction of sp³-hybridized carbons (Fsp3) is 0.484. The zero-order valence-corrected chi connectivity index (χ0v) is 26.5. The molecule has 0 unspecified atom stereocenters. The van der Waals surface area contributed by atoms with Gasteiger partial charge in [-0.05, 0) is 61.8 Å². The Morgan fingerprint density at radius 3 is 2.72 bits per heavy atom. The first kappa shape index (κ1) is 30.0. The second-order valence-electron chi connectivity index (χ2n) is 12.5. The van der Waals surface area contributed by atoms with Crippen LogP contribution in [0.4, 0.5) is 11.4 Å². The highest BCUT2D eigenvalue weighted by atomic mass is 35.5. The Hall–Kier alpha value is -3.09. The molecule has 2 saturated heterocycles. The van der Waals surface area contributed by atoms with Gasteiger partial charge in [0.25, 0.3) is 5.91 Å². The summed E-state index contributed by atoms with van der Waals surface area (Å²) >= 11 is 6.53. The second kappa shape index (κ2) is 11.4. The Balaban J connectivity index is 1.33. The van der Waals surface area contributed by atoms with Crippen molar-refractivity contribution in [3.63, 3.8) is 0 Å². The summed E-state index contributed by atoms with van der Waals surface area (Å²) in [5.41, 5.74) is 2.39. The summed E-state index contributed by atoms with van der Waals surface area (Å²) in [6.07, 6.45) is 3.76. The first-order valence-corrected chi connectivity index (χ1v) is 18.3. The predicted molar refractivity (Wildman–Crippen MR) is 165 cm³/mol. The lowest BCUT2D eigenvalue weighted by molar-refractivity contribution is -0.146. The SMILES string of the molecule is C[C@@H]1[C@@H]([Si](C)(C)O)[C@H](CCn2cc(CCO)nn2)O[C@@]12C(=O)N(Cc1cccc(N3CCCC3=O)c1)c1ccc(Cl)cc12. The number of anilines is 2. The largest absolute Gasteiger partial charge is 0.432 e. The number of carbonyl (C=O) groups is 2. The monoisotopic (exact) mass is 623 g/mol. The molecule has 0 radical (unpaired) electrons. The van der Waals surface area contributed by atoms with E-state index in [4.69, 9.17) is 16.3 Å². The normalized spacial score (nSPS) is 25.4. The number of amides is 2. The van der Waals surface area contributed by atoms with Crippen molar-refractivity contribution in [3.8, 4) is 0 Å². The molecule has 2 fully saturated rings. The van der Waals surface area contributed by atoms with Crippen molar-refractivity contribution in [1.82, 2.24) is 15.0 Å². The van der Waals surface area contributed by atoms with Crippen LogP contribution in [-0.4, -0.2) is 64.3 Å². The van der Waals surface area contributed by atoms with Crippen LogP contribution in [0.1, 0.15) is 43.0 Å². The van der Waals surface area contributed by atoms with Gasteiger partial charge in [-0.3, -0.25) is 14.3 Å². The van der Waals surface area contributed by atoms with Crippen LogP contribution >= 0.6 is 11.6 Å². The first-order valence-electron chi connectivity index (χ1n) is 14.9. The summed E-state index contributed by atoms with van der Waals surface area (Å²) in [4.78, 5) is 42.1. The first-order chi connectivity index (χ1) is 20.5. The molecule has 0 saturated carbocycles. The van der Waals surface area contributed by atoms with Crippen LogP contribution < -0.4 is 9.80 Å². The molecule has 2 aromatic carbocycles. The number of benzene rings is 2. The Kier molecular flexibility index (Phi) is 7.97. The maximum Gasteiger partial charge on any atom is 0.264 e. The molecule has 3 aliphatic heterocycles. The minimum absolute atomic E-state index is 0.00189. The number of carbonyl (C=O) groups excluding carboxylic acids is 2. The molecule has 10 nitrogen and oxygen atoms in total. The smallest absolute Gasteiger partial charge is 0.264 e. The third-order valence-corrected chi connectivity index (χ3v) is 11.9. The third kappa shape index (κ3) is 5.31. The summed E-state index contributed by atoms with van der Waals surface area (Å²) in [7, 11) is -2.82. The van der Waals surface area contributed by atoms with Gasteiger partial charge in [0.05, 0.1) is 24.0 Å². The minimum atomic E-state index is -2.82. The average molecular weight is 624 g/mol. The van der Waals surface area contributed by atoms with Crippen molar-refractivity contribution in [2.45, 2.75) is 76.0 Å². The molecule has 2 amide bonds. The molecule has 43 heavy (non-hydrogen) atoms. The van der Waals surface area contributed by atoms with E-state index in [2.05, 4.69) is 10.3 Å². The number of aromatic nitrogens is 3. The molecular formula is C31H38ClN5O5Si. The summed E-state index contributed by atoms with van der Waals surface area (Å²) < 4.78 is 8.61. The standard InChI is InChI=1S/C31H38ClN5O5Si/c1-20-29(43(2,3)41)27(11-14-35-19-23(12-15-38)33-34-35)42-31(20)25-17-22(32)9-10-26(25)37(30(31)40)18-21-6-4-7-24(16-21)36-13-5-8-28(36)39/h4,6-7,9-10,16-17,19-20,27,29,38,41H,5,8,11-15,18H2,1-3H3/t20-,27+,29-,31+/m1/s1. The maximum atomic E-state index is 14.6. The van der Waals surface area contributed by atoms with Gasteiger partial charge >= 0.3 is 0 Å². The topological polar surface area (TPSA) is 121 Å². The summed E-state index contributed by atoms with van der Waals surface area (Å²) in [5.74, 6) is -0.366. The number of aliphatic hydroxyl groups is 1. The van der Waals surface area contributed by atoms with Crippen molar-refractivity contribution < 1.29 is 24.2 Å². The maximum absolute atomic E-state index is 14.6. The number of halogens is 1. The van der Waals surface area contributed by atoms with Crippen molar-refractivity contribution in [2.75, 3.05) is 23.0 Å². The average Bonchev–Trinajstić information content (AvgIpc) is 3.71. The lowest BCUT2D eigenvalue weighted by Crippen LogP contribution is -2.46. The number of aliphatic hydroxyl groups excluding tert-OH is 1. The van der Waals surface area contributed by atoms with Gasteiger partial charge in [0.2, 0.25) is 5.91 Å². The third-order valence-electron chi connectivity index (χ3n) is 9.18. The number of aryl methyl sites for hydroxylation is 1. The van der Waals surface area contributed by atoms with Crippen LogP contribution in [-0.2, 0) is 39.4 Å². The predicted octanol–water partition coefficient (Wildman–Crippen LogP) is 4.03. The highest BCUT2D eigenvalue weighted by molar-refractivity contribution is 6.71. The van der Waals surface area contributed by atoms with Gasteiger partial charge in [0, 0.05) is 66.5 Å². The number of hydrogen-bond acceptors (Lipinski definition) is 7. The second-order valence-corrected chi connectivity index (χ2v) is 16.9. The van der Waals surface area contributed by atoms with E-state index in [1.807, 2.05) is 62.6 Å². The molecule has 3 aromatic rings. The number of nitrogens with zero attached hydrogens (tertiary/aromatic N) is 5. The molecule has 3 aliphatic rings. The van der Waals surface area contributed by atoms with Crippen molar-refractivity contribution in [1.29, 1.82) is 0 Å². The summed E-state index contributed by atoms with van der Waals surface area (Å²) in [6, 6.07) is 13.3. The van der Waals surface area contributed by atoms with E-state index < -0.39 is 20.0 Å². The molecule has 4 atom stereocenters. The highest BCUT2D eigenvalue weighted by Gasteiger charge is 2.66. The molecule has 4 heterocycles. The number of hydrogen-bond donors (Lipinski definition) is 2. The van der Waals surface area contributed by atoms with Crippen LogP contribution in [0.25, 0.3) is 0 Å². The van der Waals surface area contributed by atoms with Gasteiger partial charge in [-0.2, -0.15) is 0 Å². The van der Waals surface area contributed by atoms with Crippen molar-refractivity contribution >= 4 is 43.1 Å². The Morgan fingerprint density at radius 1 is 1.19 bits per heavy atom. The molecule has 12 heteroatoms. The lowest BCUT2D eigenvalue weighted by atomic mass is 9.82. The van der Waals surface area contributed by atoms with E-state index in [1.54, 1.807) is 20.5 Å². The zero-order chi connectivity index (χ0) is 30.5. The van der Waals surface area contributed by atoms with Crippen molar-refractivity contribution in [2.24, 2.45) is 5.92 Å². The van der Waals surface area contributed by atoms with Gasteiger partial charge in [-0.1, -0.05) is 35.9 Å². The van der Waals surface area contributed by atoms with Crippen LogP contribution in [0.2, 0.25) is 23.7 Å². The number of fused-ring (bicyclic) bond motifs is 2. The van der Waals surface area contributed by atoms with E-state index in [-0.39, 0.29) is 29.9 Å².